The lowest BCUT2D eigenvalue weighted by atomic mass is 10.1. The Hall–Kier alpha value is -3.36. The Morgan fingerprint density at radius 1 is 1.19 bits per heavy atom. The first-order chi connectivity index (χ1) is 12.3. The molecule has 2 heterocycles. The molecule has 0 aliphatic heterocycles. The van der Waals surface area contributed by atoms with Gasteiger partial charge in [0.15, 0.2) is 5.65 Å². The van der Waals surface area contributed by atoms with Crippen molar-refractivity contribution in [2.24, 2.45) is 7.05 Å². The van der Waals surface area contributed by atoms with Crippen LogP contribution in [0.15, 0.2) is 24.4 Å². The highest BCUT2D eigenvalue weighted by Crippen LogP contribution is 2.22. The van der Waals surface area contributed by atoms with E-state index < -0.39 is 29.1 Å². The number of aryl methyl sites for hydroxylation is 2. The summed E-state index contributed by atoms with van der Waals surface area (Å²) in [7, 11) is 2.80. The number of carbonyl (C=O) groups is 2. The Morgan fingerprint density at radius 3 is 2.62 bits per heavy atom. The van der Waals surface area contributed by atoms with Gasteiger partial charge in [0, 0.05) is 24.7 Å². The summed E-state index contributed by atoms with van der Waals surface area (Å²) in [5.41, 5.74) is 0.614. The number of hydrogen-bond acceptors (Lipinski definition) is 5. The molecule has 0 saturated carbocycles. The lowest BCUT2D eigenvalue weighted by Gasteiger charge is -2.09. The second-order valence-corrected chi connectivity index (χ2v) is 5.56. The van der Waals surface area contributed by atoms with Crippen LogP contribution in [-0.2, 0) is 11.8 Å². The van der Waals surface area contributed by atoms with Gasteiger partial charge in [-0.15, -0.1) is 0 Å². The number of aromatic nitrogens is 3. The molecule has 26 heavy (non-hydrogen) atoms. The molecule has 3 rings (SSSR count). The zero-order valence-electron chi connectivity index (χ0n) is 14.1. The van der Waals surface area contributed by atoms with Crippen molar-refractivity contribution in [3.63, 3.8) is 0 Å². The van der Waals surface area contributed by atoms with Crippen LogP contribution >= 0.6 is 0 Å². The van der Waals surface area contributed by atoms with Crippen molar-refractivity contribution in [3.05, 3.63) is 52.9 Å². The van der Waals surface area contributed by atoms with E-state index in [2.05, 4.69) is 20.1 Å². The molecule has 0 aliphatic rings. The molecule has 0 fully saturated rings. The summed E-state index contributed by atoms with van der Waals surface area (Å²) in [6.07, 6.45) is 1.32. The molecule has 0 unspecified atom stereocenters. The van der Waals surface area contributed by atoms with Gasteiger partial charge in [-0.25, -0.2) is 18.6 Å². The van der Waals surface area contributed by atoms with E-state index >= 15 is 0 Å². The van der Waals surface area contributed by atoms with Gasteiger partial charge in [-0.05, 0) is 19.1 Å². The highest BCUT2D eigenvalue weighted by Gasteiger charge is 2.19. The SMILES string of the molecule is COC(=O)c1cc(NC(=O)c2cnc3c(c2)c(C)nn3C)c(F)cc1F. The third-order valence-electron chi connectivity index (χ3n) is 3.84. The molecule has 1 aromatic carbocycles. The number of rotatable bonds is 3. The highest BCUT2D eigenvalue weighted by atomic mass is 19.1. The quantitative estimate of drug-likeness (QED) is 0.726. The maximum Gasteiger partial charge on any atom is 0.340 e. The molecule has 0 radical (unpaired) electrons. The molecule has 3 aromatic rings. The van der Waals surface area contributed by atoms with E-state index in [1.165, 1.54) is 6.20 Å². The van der Waals surface area contributed by atoms with E-state index in [0.29, 0.717) is 22.8 Å². The number of hydrogen-bond donors (Lipinski definition) is 1. The summed E-state index contributed by atoms with van der Waals surface area (Å²) in [4.78, 5) is 28.1. The molecule has 2 aromatic heterocycles. The minimum absolute atomic E-state index is 0.164. The van der Waals surface area contributed by atoms with E-state index in [-0.39, 0.29) is 11.3 Å². The van der Waals surface area contributed by atoms with E-state index in [4.69, 9.17) is 0 Å². The molecule has 1 N–H and O–H groups in total. The number of ether oxygens (including phenoxy) is 1. The molecule has 0 atom stereocenters. The number of nitrogens with one attached hydrogen (secondary N) is 1. The summed E-state index contributed by atoms with van der Waals surface area (Å²) in [6, 6.07) is 2.97. The van der Waals surface area contributed by atoms with E-state index in [9.17, 15) is 18.4 Å². The number of amides is 1. The van der Waals surface area contributed by atoms with Crippen molar-refractivity contribution in [2.45, 2.75) is 6.92 Å². The van der Waals surface area contributed by atoms with Crippen LogP contribution in [0.2, 0.25) is 0 Å². The first-order valence-corrected chi connectivity index (χ1v) is 7.50. The average molecular weight is 360 g/mol. The van der Waals surface area contributed by atoms with Gasteiger partial charge in [0.25, 0.3) is 5.91 Å². The third-order valence-corrected chi connectivity index (χ3v) is 3.84. The number of methoxy groups -OCH3 is 1. The minimum atomic E-state index is -1.08. The van der Waals surface area contributed by atoms with Gasteiger partial charge in [0.2, 0.25) is 0 Å². The normalized spacial score (nSPS) is 10.8. The van der Waals surface area contributed by atoms with Crippen molar-refractivity contribution in [1.29, 1.82) is 0 Å². The fraction of sp³-hybridized carbons (Fsp3) is 0.176. The first kappa shape index (κ1) is 17.5. The molecular formula is C17H14F2N4O3. The van der Waals surface area contributed by atoms with Crippen LogP contribution in [0.25, 0.3) is 11.0 Å². The minimum Gasteiger partial charge on any atom is -0.465 e. The third kappa shape index (κ3) is 2.99. The molecule has 0 bridgehead atoms. The lowest BCUT2D eigenvalue weighted by molar-refractivity contribution is 0.0595. The van der Waals surface area contributed by atoms with E-state index in [1.54, 1.807) is 24.7 Å². The fourth-order valence-corrected chi connectivity index (χ4v) is 2.54. The Bertz CT molecular complexity index is 1050. The van der Waals surface area contributed by atoms with E-state index in [1.807, 2.05) is 0 Å². The number of benzene rings is 1. The summed E-state index contributed by atoms with van der Waals surface area (Å²) in [6.45, 7) is 1.77. The smallest absolute Gasteiger partial charge is 0.340 e. The monoisotopic (exact) mass is 360 g/mol. The van der Waals surface area contributed by atoms with Crippen LogP contribution in [0.5, 0.6) is 0 Å². The molecular weight excluding hydrogens is 346 g/mol. The summed E-state index contributed by atoms with van der Waals surface area (Å²) >= 11 is 0. The van der Waals surface area contributed by atoms with Crippen molar-refractivity contribution >= 4 is 28.6 Å². The second-order valence-electron chi connectivity index (χ2n) is 5.56. The number of carbonyl (C=O) groups excluding carboxylic acids is 2. The van der Waals surface area contributed by atoms with Gasteiger partial charge >= 0.3 is 5.97 Å². The molecule has 0 saturated heterocycles. The standard InChI is InChI=1S/C17H14F2N4O3/c1-8-10-4-9(7-20-15(10)23(2)22-8)16(24)21-14-5-11(17(25)26-3)12(18)6-13(14)19/h4-7H,1-3H3,(H,21,24). The number of anilines is 1. The maximum atomic E-state index is 14.0. The van der Waals surface area contributed by atoms with Crippen LogP contribution in [0.3, 0.4) is 0 Å². The molecule has 7 nitrogen and oxygen atoms in total. The molecule has 0 spiro atoms. The first-order valence-electron chi connectivity index (χ1n) is 7.50. The lowest BCUT2D eigenvalue weighted by Crippen LogP contribution is -2.15. The van der Waals surface area contributed by atoms with E-state index in [0.717, 1.165) is 13.2 Å². The van der Waals surface area contributed by atoms with Crippen LogP contribution < -0.4 is 5.32 Å². The number of nitrogens with zero attached hydrogens (tertiary/aromatic N) is 3. The van der Waals surface area contributed by atoms with Crippen LogP contribution in [0.1, 0.15) is 26.4 Å². The van der Waals surface area contributed by atoms with Crippen LogP contribution in [0.4, 0.5) is 14.5 Å². The maximum absolute atomic E-state index is 14.0. The highest BCUT2D eigenvalue weighted by molar-refractivity contribution is 6.06. The topological polar surface area (TPSA) is 86.1 Å². The van der Waals surface area contributed by atoms with Gasteiger partial charge in [0.1, 0.15) is 11.6 Å². The van der Waals surface area contributed by atoms with Crippen molar-refractivity contribution in [1.82, 2.24) is 14.8 Å². The fourth-order valence-electron chi connectivity index (χ4n) is 2.54. The number of esters is 1. The van der Waals surface area contributed by atoms with Crippen molar-refractivity contribution in [3.8, 4) is 0 Å². The van der Waals surface area contributed by atoms with Crippen molar-refractivity contribution in [2.75, 3.05) is 12.4 Å². The Labute approximate surface area is 146 Å². The van der Waals surface area contributed by atoms with Gasteiger partial charge in [-0.1, -0.05) is 0 Å². The van der Waals surface area contributed by atoms with Crippen molar-refractivity contribution < 1.29 is 23.1 Å². The Balaban J connectivity index is 1.95. The Kier molecular flexibility index (Phi) is 4.37. The molecule has 0 aliphatic carbocycles. The number of halogens is 2. The zero-order chi connectivity index (χ0) is 19.0. The predicted molar refractivity (Wildman–Crippen MR) is 88.9 cm³/mol. The van der Waals surface area contributed by atoms with Gasteiger partial charge in [-0.3, -0.25) is 9.48 Å². The molecule has 9 heteroatoms. The summed E-state index contributed by atoms with van der Waals surface area (Å²) in [5.74, 6) is -3.74. The second kappa shape index (κ2) is 6.51. The van der Waals surface area contributed by atoms with Crippen LogP contribution in [-0.4, -0.2) is 33.8 Å². The average Bonchev–Trinajstić information content (AvgIpc) is 2.90. The molecule has 134 valence electrons. The van der Waals surface area contributed by atoms with Gasteiger partial charge in [0.05, 0.1) is 29.6 Å². The Morgan fingerprint density at radius 2 is 1.92 bits per heavy atom. The zero-order valence-corrected chi connectivity index (χ0v) is 14.1. The predicted octanol–water partition coefficient (Wildman–Crippen LogP) is 2.59. The van der Waals surface area contributed by atoms with Crippen LogP contribution in [0, 0.1) is 18.6 Å². The van der Waals surface area contributed by atoms with Gasteiger partial charge in [-0.2, -0.15) is 5.10 Å². The number of fused-ring (bicyclic) bond motifs is 1. The van der Waals surface area contributed by atoms with Gasteiger partial charge < -0.3 is 10.1 Å². The largest absolute Gasteiger partial charge is 0.465 e. The molecule has 1 amide bonds. The summed E-state index contributed by atoms with van der Waals surface area (Å²) in [5, 5.41) is 7.19. The number of pyridine rings is 1. The summed E-state index contributed by atoms with van der Waals surface area (Å²) < 4.78 is 33.6.